The maximum Gasteiger partial charge on any atom is 0.224 e. The first-order valence-corrected chi connectivity index (χ1v) is 8.46. The van der Waals surface area contributed by atoms with E-state index in [0.717, 1.165) is 17.7 Å². The quantitative estimate of drug-likeness (QED) is 0.822. The topological polar surface area (TPSA) is 42.0 Å². The Morgan fingerprint density at radius 1 is 1.22 bits per heavy atom. The summed E-state index contributed by atoms with van der Waals surface area (Å²) in [6.07, 6.45) is 2.38. The molecule has 0 spiro atoms. The van der Waals surface area contributed by atoms with Crippen LogP contribution >= 0.6 is 34.8 Å². The number of hydrogen-bond donors (Lipinski definition) is 1. The summed E-state index contributed by atoms with van der Waals surface area (Å²) >= 11 is 17.9. The van der Waals surface area contributed by atoms with Gasteiger partial charge in [0.2, 0.25) is 5.91 Å². The Hall–Kier alpha value is -1.29. The summed E-state index contributed by atoms with van der Waals surface area (Å²) in [6, 6.07) is 8.82. The van der Waals surface area contributed by atoms with Crippen molar-refractivity contribution >= 4 is 40.7 Å². The Bertz CT molecular complexity index is 733. The molecule has 0 bridgehead atoms. The van der Waals surface area contributed by atoms with Gasteiger partial charge in [-0.05, 0) is 49.1 Å². The lowest BCUT2D eigenvalue weighted by Gasteiger charge is -2.13. The molecule has 0 saturated heterocycles. The van der Waals surface area contributed by atoms with E-state index in [1.54, 1.807) is 24.4 Å². The van der Waals surface area contributed by atoms with Gasteiger partial charge in [0.15, 0.2) is 0 Å². The number of benzene rings is 1. The molecule has 1 N–H and O–H groups in total. The van der Waals surface area contributed by atoms with Crippen LogP contribution in [0.3, 0.4) is 0 Å². The predicted molar refractivity (Wildman–Crippen MR) is 93.1 cm³/mol. The van der Waals surface area contributed by atoms with Crippen molar-refractivity contribution in [2.24, 2.45) is 5.92 Å². The molecule has 1 amide bonds. The minimum absolute atomic E-state index is 0.0188. The van der Waals surface area contributed by atoms with E-state index >= 15 is 0 Å². The van der Waals surface area contributed by atoms with E-state index in [-0.39, 0.29) is 23.8 Å². The normalized spacial score (nSPS) is 20.9. The fourth-order valence-electron chi connectivity index (χ4n) is 2.67. The summed E-state index contributed by atoms with van der Waals surface area (Å²) < 4.78 is 0. The minimum Gasteiger partial charge on any atom is -0.348 e. The van der Waals surface area contributed by atoms with E-state index in [1.807, 2.05) is 19.1 Å². The number of carbonyl (C=O) groups excluding carboxylic acids is 1. The lowest BCUT2D eigenvalue weighted by atomic mass is 10.1. The first kappa shape index (κ1) is 16.6. The lowest BCUT2D eigenvalue weighted by molar-refractivity contribution is -0.123. The highest BCUT2D eigenvalue weighted by molar-refractivity contribution is 6.35. The van der Waals surface area contributed by atoms with Crippen molar-refractivity contribution in [3.63, 3.8) is 0 Å². The van der Waals surface area contributed by atoms with Gasteiger partial charge >= 0.3 is 0 Å². The van der Waals surface area contributed by atoms with Crippen LogP contribution in [-0.4, -0.2) is 10.9 Å². The fraction of sp³-hybridized carbons (Fsp3) is 0.294. The number of aromatic nitrogens is 1. The van der Waals surface area contributed by atoms with Gasteiger partial charge in [-0.1, -0.05) is 40.9 Å². The molecule has 2 aromatic rings. The number of nitrogens with one attached hydrogen (secondary N) is 1. The van der Waals surface area contributed by atoms with Crippen LogP contribution in [0.25, 0.3) is 0 Å². The van der Waals surface area contributed by atoms with Crippen molar-refractivity contribution in [2.45, 2.75) is 25.3 Å². The summed E-state index contributed by atoms with van der Waals surface area (Å²) in [7, 11) is 0. The zero-order valence-electron chi connectivity index (χ0n) is 12.4. The van der Waals surface area contributed by atoms with Gasteiger partial charge in [-0.2, -0.15) is 0 Å². The fourth-order valence-corrected chi connectivity index (χ4v) is 3.33. The predicted octanol–water partition coefficient (Wildman–Crippen LogP) is 5.02. The van der Waals surface area contributed by atoms with Gasteiger partial charge in [-0.3, -0.25) is 9.78 Å². The third-order valence-corrected chi connectivity index (χ3v) is 4.83. The van der Waals surface area contributed by atoms with Gasteiger partial charge in [0, 0.05) is 22.2 Å². The molecule has 120 valence electrons. The van der Waals surface area contributed by atoms with Crippen LogP contribution in [0.15, 0.2) is 36.5 Å². The summed E-state index contributed by atoms with van der Waals surface area (Å²) in [5, 5.41) is 4.79. The number of carbonyl (C=O) groups is 1. The molecular weight excluding hydrogens is 355 g/mol. The molecule has 6 heteroatoms. The van der Waals surface area contributed by atoms with Gasteiger partial charge in [-0.15, -0.1) is 0 Å². The highest BCUT2D eigenvalue weighted by Crippen LogP contribution is 2.50. The molecule has 1 fully saturated rings. The summed E-state index contributed by atoms with van der Waals surface area (Å²) in [5.74, 6) is 0.124. The third-order valence-electron chi connectivity index (χ3n) is 4.04. The molecule has 0 unspecified atom stereocenters. The molecule has 23 heavy (non-hydrogen) atoms. The van der Waals surface area contributed by atoms with Crippen LogP contribution in [0.5, 0.6) is 0 Å². The zero-order chi connectivity index (χ0) is 16.6. The SMILES string of the molecule is C[C@@H](NC(=O)[C@H]1C[C@H]1c1ccc(Cl)cc1Cl)c1ccc(Cl)cn1. The van der Waals surface area contributed by atoms with E-state index in [4.69, 9.17) is 34.8 Å². The highest BCUT2D eigenvalue weighted by atomic mass is 35.5. The maximum atomic E-state index is 12.4. The average Bonchev–Trinajstić information content (AvgIpc) is 3.28. The van der Waals surface area contributed by atoms with Crippen LogP contribution < -0.4 is 5.32 Å². The molecule has 1 heterocycles. The molecule has 3 nitrogen and oxygen atoms in total. The smallest absolute Gasteiger partial charge is 0.224 e. The van der Waals surface area contributed by atoms with E-state index in [1.165, 1.54) is 0 Å². The molecular formula is C17H15Cl3N2O. The van der Waals surface area contributed by atoms with Crippen LogP contribution in [0, 0.1) is 5.92 Å². The Labute approximate surface area is 150 Å². The Morgan fingerprint density at radius 3 is 2.61 bits per heavy atom. The number of hydrogen-bond acceptors (Lipinski definition) is 2. The van der Waals surface area contributed by atoms with E-state index in [9.17, 15) is 4.79 Å². The van der Waals surface area contributed by atoms with Gasteiger partial charge in [0.1, 0.15) is 0 Å². The molecule has 1 aromatic carbocycles. The zero-order valence-corrected chi connectivity index (χ0v) is 14.7. The number of amides is 1. The summed E-state index contributed by atoms with van der Waals surface area (Å²) in [6.45, 7) is 1.90. The first-order valence-electron chi connectivity index (χ1n) is 7.32. The Balaban J connectivity index is 1.63. The highest BCUT2D eigenvalue weighted by Gasteiger charge is 2.45. The Kier molecular flexibility index (Phi) is 4.81. The summed E-state index contributed by atoms with van der Waals surface area (Å²) in [4.78, 5) is 16.6. The largest absolute Gasteiger partial charge is 0.348 e. The van der Waals surface area contributed by atoms with E-state index in [2.05, 4.69) is 10.3 Å². The van der Waals surface area contributed by atoms with Crippen molar-refractivity contribution in [3.05, 3.63) is 62.9 Å². The van der Waals surface area contributed by atoms with Crippen LogP contribution in [0.2, 0.25) is 15.1 Å². The van der Waals surface area contributed by atoms with E-state index in [0.29, 0.717) is 15.1 Å². The second kappa shape index (κ2) is 6.68. The molecule has 3 rings (SSSR count). The van der Waals surface area contributed by atoms with Crippen LogP contribution in [-0.2, 0) is 4.79 Å². The van der Waals surface area contributed by atoms with Crippen LogP contribution in [0.4, 0.5) is 0 Å². The summed E-state index contributed by atoms with van der Waals surface area (Å²) in [5.41, 5.74) is 1.76. The monoisotopic (exact) mass is 368 g/mol. The molecule has 0 radical (unpaired) electrons. The van der Waals surface area contributed by atoms with Gasteiger partial charge in [0.25, 0.3) is 0 Å². The molecule has 1 saturated carbocycles. The van der Waals surface area contributed by atoms with Crippen molar-refractivity contribution in [1.82, 2.24) is 10.3 Å². The van der Waals surface area contributed by atoms with Crippen molar-refractivity contribution in [1.29, 1.82) is 0 Å². The van der Waals surface area contributed by atoms with Gasteiger partial charge in [-0.25, -0.2) is 0 Å². The average molecular weight is 370 g/mol. The van der Waals surface area contributed by atoms with E-state index < -0.39 is 0 Å². The minimum atomic E-state index is -0.165. The van der Waals surface area contributed by atoms with Gasteiger partial charge in [0.05, 0.1) is 16.8 Å². The van der Waals surface area contributed by atoms with Crippen LogP contribution in [0.1, 0.15) is 36.6 Å². The molecule has 0 aliphatic heterocycles. The molecule has 3 atom stereocenters. The molecule has 1 aromatic heterocycles. The third kappa shape index (κ3) is 3.79. The van der Waals surface area contributed by atoms with Crippen molar-refractivity contribution < 1.29 is 4.79 Å². The van der Waals surface area contributed by atoms with Crippen molar-refractivity contribution in [2.75, 3.05) is 0 Å². The number of rotatable bonds is 4. The first-order chi connectivity index (χ1) is 11.0. The standard InChI is InChI=1S/C17H15Cl3N2O/c1-9(16-5-3-11(19)8-21-16)22-17(23)14-7-13(14)12-4-2-10(18)6-15(12)20/h2-6,8-9,13-14H,7H2,1H3,(H,22,23)/t9-,13+,14+/m1/s1. The number of halogens is 3. The molecule has 1 aliphatic carbocycles. The lowest BCUT2D eigenvalue weighted by Crippen LogP contribution is -2.28. The maximum absolute atomic E-state index is 12.4. The molecule has 1 aliphatic rings. The second-order valence-electron chi connectivity index (χ2n) is 5.75. The number of pyridine rings is 1. The van der Waals surface area contributed by atoms with Gasteiger partial charge < -0.3 is 5.32 Å². The second-order valence-corrected chi connectivity index (χ2v) is 7.03. The van der Waals surface area contributed by atoms with Crippen molar-refractivity contribution in [3.8, 4) is 0 Å². The Morgan fingerprint density at radius 2 is 1.96 bits per heavy atom. The number of nitrogens with zero attached hydrogens (tertiary/aromatic N) is 1.